The van der Waals surface area contributed by atoms with Crippen LogP contribution in [-0.2, 0) is 34.7 Å². The number of nitrogens with two attached hydrogens (primary N) is 1. The van der Waals surface area contributed by atoms with E-state index in [-0.39, 0.29) is 5.76 Å². The van der Waals surface area contributed by atoms with Crippen LogP contribution in [0, 0.1) is 0 Å². The third-order valence-electron chi connectivity index (χ3n) is 3.91. The van der Waals surface area contributed by atoms with E-state index < -0.39 is 38.4 Å². The summed E-state index contributed by atoms with van der Waals surface area (Å²) in [6, 6.07) is 6.61. The molecular formula is C16H19NO7S. The molecule has 9 heteroatoms. The molecule has 1 aliphatic rings. The van der Waals surface area contributed by atoms with Crippen molar-refractivity contribution in [1.82, 2.24) is 0 Å². The van der Waals surface area contributed by atoms with Crippen molar-refractivity contribution in [2.75, 3.05) is 7.11 Å². The average molecular weight is 369 g/mol. The molecule has 1 aliphatic heterocycles. The molecule has 1 aromatic carbocycles. The molecule has 0 bridgehead atoms. The normalized spacial score (nSPS) is 21.7. The fraction of sp³-hybridized carbons (Fsp3) is 0.375. The summed E-state index contributed by atoms with van der Waals surface area (Å²) in [4.78, 5) is 24.3. The minimum Gasteiger partial charge on any atom is -0.496 e. The second-order valence-electron chi connectivity index (χ2n) is 5.68. The van der Waals surface area contributed by atoms with Gasteiger partial charge in [-0.3, -0.25) is 9.59 Å². The first-order valence-corrected chi connectivity index (χ1v) is 8.94. The molecule has 2 unspecified atom stereocenters. The van der Waals surface area contributed by atoms with Crippen LogP contribution in [0.3, 0.4) is 0 Å². The molecule has 2 rings (SSSR count). The molecule has 0 fully saturated rings. The maximum Gasteiger partial charge on any atom is 0.308 e. The van der Waals surface area contributed by atoms with Crippen molar-refractivity contribution in [3.05, 3.63) is 41.3 Å². The van der Waals surface area contributed by atoms with E-state index in [9.17, 15) is 18.0 Å². The summed E-state index contributed by atoms with van der Waals surface area (Å²) < 4.78 is 39.3. The van der Waals surface area contributed by atoms with Gasteiger partial charge in [0.05, 0.1) is 7.11 Å². The van der Waals surface area contributed by atoms with Gasteiger partial charge in [-0.25, -0.2) is 13.6 Å². The number of hydrogen-bond donors (Lipinski definition) is 1. The van der Waals surface area contributed by atoms with Gasteiger partial charge in [0.2, 0.25) is 27.2 Å². The Morgan fingerprint density at radius 3 is 2.44 bits per heavy atom. The fourth-order valence-corrected chi connectivity index (χ4v) is 2.97. The molecule has 0 saturated carbocycles. The minimum absolute atomic E-state index is 0.309. The Morgan fingerprint density at radius 2 is 1.92 bits per heavy atom. The summed E-state index contributed by atoms with van der Waals surface area (Å²) in [7, 11) is -2.66. The van der Waals surface area contributed by atoms with E-state index in [1.165, 1.54) is 21.0 Å². The van der Waals surface area contributed by atoms with Crippen molar-refractivity contribution >= 4 is 21.8 Å². The van der Waals surface area contributed by atoms with Gasteiger partial charge in [0.25, 0.3) is 0 Å². The molecule has 136 valence electrons. The Labute approximate surface area is 145 Å². The highest BCUT2D eigenvalue weighted by atomic mass is 32.2. The third kappa shape index (κ3) is 3.38. The third-order valence-corrected chi connectivity index (χ3v) is 5.11. The number of hydrogen-bond acceptors (Lipinski definition) is 7. The average Bonchev–Trinajstić information content (AvgIpc) is 2.78. The smallest absolute Gasteiger partial charge is 0.308 e. The predicted octanol–water partition coefficient (Wildman–Crippen LogP) is 0.961. The molecule has 1 aromatic rings. The van der Waals surface area contributed by atoms with Crippen LogP contribution in [0.5, 0.6) is 5.75 Å². The number of ketones is 1. The van der Waals surface area contributed by atoms with Crippen molar-refractivity contribution in [2.24, 2.45) is 5.14 Å². The van der Waals surface area contributed by atoms with Crippen LogP contribution < -0.4 is 9.88 Å². The van der Waals surface area contributed by atoms with Crippen molar-refractivity contribution in [3.63, 3.8) is 0 Å². The molecule has 0 radical (unpaired) electrons. The highest BCUT2D eigenvalue weighted by molar-refractivity contribution is 7.89. The zero-order valence-corrected chi connectivity index (χ0v) is 15.0. The van der Waals surface area contributed by atoms with Gasteiger partial charge >= 0.3 is 5.97 Å². The minimum atomic E-state index is -4.08. The van der Waals surface area contributed by atoms with E-state index in [1.807, 2.05) is 0 Å². The fourth-order valence-electron chi connectivity index (χ4n) is 2.51. The predicted molar refractivity (Wildman–Crippen MR) is 87.8 cm³/mol. The largest absolute Gasteiger partial charge is 0.496 e. The topological polar surface area (TPSA) is 122 Å². The summed E-state index contributed by atoms with van der Waals surface area (Å²) >= 11 is 0. The highest BCUT2D eigenvalue weighted by Crippen LogP contribution is 2.44. The van der Waals surface area contributed by atoms with Crippen LogP contribution in [0.2, 0.25) is 0 Å². The van der Waals surface area contributed by atoms with Gasteiger partial charge in [-0.15, -0.1) is 0 Å². The molecule has 0 spiro atoms. The zero-order valence-electron chi connectivity index (χ0n) is 14.2. The van der Waals surface area contributed by atoms with Crippen molar-refractivity contribution < 1.29 is 32.2 Å². The monoisotopic (exact) mass is 369 g/mol. The number of para-hydroxylation sites is 1. The van der Waals surface area contributed by atoms with Crippen LogP contribution in [0.1, 0.15) is 26.3 Å². The van der Waals surface area contributed by atoms with E-state index in [1.54, 1.807) is 24.3 Å². The maximum atomic E-state index is 12.9. The zero-order chi connectivity index (χ0) is 19.0. The quantitative estimate of drug-likeness (QED) is 0.767. The highest BCUT2D eigenvalue weighted by Gasteiger charge is 2.52. The van der Waals surface area contributed by atoms with E-state index in [0.717, 1.165) is 6.92 Å². The summed E-state index contributed by atoms with van der Waals surface area (Å²) in [5, 5.41) is 3.79. The lowest BCUT2D eigenvalue weighted by Gasteiger charge is -2.26. The summed E-state index contributed by atoms with van der Waals surface area (Å²) in [5.74, 6) is -1.89. The SMILES string of the molecule is COc1ccccc1C1(C)OC(C(C)S(N)(=O)=O)=C(OC(C)=O)C1=O. The first-order valence-electron chi connectivity index (χ1n) is 7.34. The number of rotatable bonds is 5. The van der Waals surface area contributed by atoms with Crippen LogP contribution in [-0.4, -0.2) is 32.5 Å². The lowest BCUT2D eigenvalue weighted by molar-refractivity contribution is -0.142. The maximum absolute atomic E-state index is 12.9. The standard InChI is InChI=1S/C16H19NO7S/c1-9(25(17,20)21)13-14(23-10(2)18)15(19)16(3,24-13)11-7-5-6-8-12(11)22-4/h5-9H,1-4H3,(H2,17,20,21). The van der Waals surface area contributed by atoms with Gasteiger partial charge in [-0.05, 0) is 19.9 Å². The molecule has 0 aliphatic carbocycles. The second kappa shape index (κ2) is 6.49. The Kier molecular flexibility index (Phi) is 4.92. The van der Waals surface area contributed by atoms with Crippen molar-refractivity contribution in [2.45, 2.75) is 31.6 Å². The number of ether oxygens (including phenoxy) is 3. The first-order chi connectivity index (χ1) is 11.5. The molecule has 0 saturated heterocycles. The number of Topliss-reactive ketones (excluding diaryl/α,β-unsaturated/α-hetero) is 1. The van der Waals surface area contributed by atoms with E-state index in [0.29, 0.717) is 11.3 Å². The van der Waals surface area contributed by atoms with Crippen molar-refractivity contribution in [3.8, 4) is 5.75 Å². The van der Waals surface area contributed by atoms with Gasteiger partial charge in [0.15, 0.2) is 5.76 Å². The van der Waals surface area contributed by atoms with Crippen LogP contribution in [0.25, 0.3) is 0 Å². The molecule has 2 atom stereocenters. The number of carbonyl (C=O) groups is 2. The van der Waals surface area contributed by atoms with E-state index in [4.69, 9.17) is 19.3 Å². The Hall–Kier alpha value is -2.39. The molecule has 0 amide bonds. The lowest BCUT2D eigenvalue weighted by Crippen LogP contribution is -2.33. The molecule has 0 aromatic heterocycles. The molecule has 2 N–H and O–H groups in total. The lowest BCUT2D eigenvalue weighted by atomic mass is 9.91. The van der Waals surface area contributed by atoms with Crippen LogP contribution >= 0.6 is 0 Å². The van der Waals surface area contributed by atoms with Gasteiger partial charge in [-0.1, -0.05) is 18.2 Å². The van der Waals surface area contributed by atoms with Crippen LogP contribution in [0.15, 0.2) is 35.8 Å². The van der Waals surface area contributed by atoms with Crippen molar-refractivity contribution in [1.29, 1.82) is 0 Å². The summed E-state index contributed by atoms with van der Waals surface area (Å²) in [5.41, 5.74) is -1.25. The Balaban J connectivity index is 2.61. The van der Waals surface area contributed by atoms with E-state index in [2.05, 4.69) is 0 Å². The molecule has 8 nitrogen and oxygen atoms in total. The first kappa shape index (κ1) is 18.9. The summed E-state index contributed by atoms with van der Waals surface area (Å²) in [6.07, 6.45) is 0. The van der Waals surface area contributed by atoms with Gasteiger partial charge in [0.1, 0.15) is 11.0 Å². The molecule has 1 heterocycles. The van der Waals surface area contributed by atoms with Crippen LogP contribution in [0.4, 0.5) is 0 Å². The number of methoxy groups -OCH3 is 1. The Morgan fingerprint density at radius 1 is 1.32 bits per heavy atom. The summed E-state index contributed by atoms with van der Waals surface area (Å²) in [6.45, 7) is 3.78. The van der Waals surface area contributed by atoms with Gasteiger partial charge < -0.3 is 14.2 Å². The number of sulfonamides is 1. The second-order valence-corrected chi connectivity index (χ2v) is 7.57. The number of carbonyl (C=O) groups excluding carboxylic acids is 2. The van der Waals surface area contributed by atoms with Gasteiger partial charge in [-0.2, -0.15) is 0 Å². The molecular weight excluding hydrogens is 350 g/mol. The van der Waals surface area contributed by atoms with Gasteiger partial charge in [0, 0.05) is 12.5 Å². The number of benzene rings is 1. The van der Waals surface area contributed by atoms with E-state index >= 15 is 0 Å². The number of esters is 1. The molecule has 25 heavy (non-hydrogen) atoms. The Bertz CT molecular complexity index is 859. The number of primary sulfonamides is 1.